The molecule has 0 amide bonds. The zero-order valence-corrected chi connectivity index (χ0v) is 8.94. The van der Waals surface area contributed by atoms with Crippen molar-refractivity contribution in [1.29, 1.82) is 0 Å². The lowest BCUT2D eigenvalue weighted by molar-refractivity contribution is 0.193. The van der Waals surface area contributed by atoms with E-state index >= 15 is 0 Å². The van der Waals surface area contributed by atoms with Gasteiger partial charge in [0.05, 0.1) is 29.8 Å². The summed E-state index contributed by atoms with van der Waals surface area (Å²) < 4.78 is 5.40. The zero-order chi connectivity index (χ0) is 11.0. The minimum atomic E-state index is 0.359. The molecule has 1 unspecified atom stereocenters. The van der Waals surface area contributed by atoms with Crippen LogP contribution in [0.1, 0.15) is 23.7 Å². The number of ether oxygens (including phenoxy) is 1. The maximum atomic E-state index is 5.65. The number of rotatable bonds is 2. The average Bonchev–Trinajstić information content (AvgIpc) is 2.98. The van der Waals surface area contributed by atoms with Gasteiger partial charge in [0, 0.05) is 19.1 Å². The second-order valence-electron chi connectivity index (χ2n) is 4.06. The fourth-order valence-corrected chi connectivity index (χ4v) is 2.16. The highest BCUT2D eigenvalue weighted by molar-refractivity contribution is 5.77. The molecule has 1 atom stereocenters. The first-order valence-electron chi connectivity index (χ1n) is 5.49. The van der Waals surface area contributed by atoms with Crippen LogP contribution in [0.15, 0.2) is 12.4 Å². The molecular formula is C11H14N4O. The highest BCUT2D eigenvalue weighted by Crippen LogP contribution is 2.28. The monoisotopic (exact) mass is 218 g/mol. The van der Waals surface area contributed by atoms with Crippen LogP contribution in [0.4, 0.5) is 0 Å². The Morgan fingerprint density at radius 1 is 1.56 bits per heavy atom. The van der Waals surface area contributed by atoms with Gasteiger partial charge >= 0.3 is 0 Å². The van der Waals surface area contributed by atoms with Crippen molar-refractivity contribution in [3.63, 3.8) is 0 Å². The van der Waals surface area contributed by atoms with E-state index in [9.17, 15) is 0 Å². The van der Waals surface area contributed by atoms with E-state index < -0.39 is 0 Å². The lowest BCUT2D eigenvalue weighted by Crippen LogP contribution is -2.07. The van der Waals surface area contributed by atoms with E-state index in [4.69, 9.17) is 10.5 Å². The molecule has 16 heavy (non-hydrogen) atoms. The number of nitrogens with zero attached hydrogens (tertiary/aromatic N) is 2. The van der Waals surface area contributed by atoms with Crippen LogP contribution in [0.25, 0.3) is 11.0 Å². The number of fused-ring (bicyclic) bond motifs is 1. The van der Waals surface area contributed by atoms with E-state index in [1.54, 1.807) is 6.33 Å². The van der Waals surface area contributed by atoms with Crippen LogP contribution in [0.5, 0.6) is 0 Å². The van der Waals surface area contributed by atoms with Crippen molar-refractivity contribution in [2.24, 2.45) is 5.73 Å². The third-order valence-electron chi connectivity index (χ3n) is 3.01. The second-order valence-corrected chi connectivity index (χ2v) is 4.06. The highest BCUT2D eigenvalue weighted by Gasteiger charge is 2.22. The van der Waals surface area contributed by atoms with Gasteiger partial charge in [-0.05, 0) is 12.5 Å². The molecule has 3 rings (SSSR count). The minimum absolute atomic E-state index is 0.359. The number of aromatic amines is 1. The molecule has 0 radical (unpaired) electrons. The summed E-state index contributed by atoms with van der Waals surface area (Å²) in [6.45, 7) is 2.00. The Balaban J connectivity index is 2.15. The van der Waals surface area contributed by atoms with Gasteiger partial charge in [0.2, 0.25) is 0 Å². The smallest absolute Gasteiger partial charge is 0.110 e. The van der Waals surface area contributed by atoms with Gasteiger partial charge in [0.25, 0.3) is 0 Å². The zero-order valence-electron chi connectivity index (χ0n) is 8.94. The summed E-state index contributed by atoms with van der Waals surface area (Å²) in [5, 5.41) is 0. The molecule has 0 saturated carbocycles. The minimum Gasteiger partial charge on any atom is -0.381 e. The largest absolute Gasteiger partial charge is 0.381 e. The Kier molecular flexibility index (Phi) is 2.34. The molecule has 84 valence electrons. The normalized spacial score (nSPS) is 20.7. The first kappa shape index (κ1) is 9.74. The van der Waals surface area contributed by atoms with Crippen LogP contribution in [-0.4, -0.2) is 28.2 Å². The number of nitrogens with one attached hydrogen (secondary N) is 1. The van der Waals surface area contributed by atoms with Gasteiger partial charge in [0.1, 0.15) is 5.52 Å². The van der Waals surface area contributed by atoms with E-state index in [1.165, 1.54) is 0 Å². The second kappa shape index (κ2) is 3.84. The van der Waals surface area contributed by atoms with Gasteiger partial charge in [-0.2, -0.15) is 0 Å². The molecule has 0 aromatic carbocycles. The maximum absolute atomic E-state index is 5.65. The predicted octanol–water partition coefficient (Wildman–Crippen LogP) is 0.920. The van der Waals surface area contributed by atoms with Crippen LogP contribution in [0, 0.1) is 0 Å². The molecule has 1 aliphatic rings. The molecule has 0 spiro atoms. The van der Waals surface area contributed by atoms with Gasteiger partial charge in [-0.1, -0.05) is 0 Å². The Hall–Kier alpha value is -1.46. The Morgan fingerprint density at radius 3 is 3.25 bits per heavy atom. The van der Waals surface area contributed by atoms with Crippen molar-refractivity contribution < 1.29 is 4.74 Å². The third-order valence-corrected chi connectivity index (χ3v) is 3.01. The van der Waals surface area contributed by atoms with E-state index in [0.717, 1.165) is 42.1 Å². The fourth-order valence-electron chi connectivity index (χ4n) is 2.16. The lowest BCUT2D eigenvalue weighted by atomic mass is 10.0. The van der Waals surface area contributed by atoms with Crippen molar-refractivity contribution in [1.82, 2.24) is 15.0 Å². The van der Waals surface area contributed by atoms with Crippen LogP contribution < -0.4 is 5.73 Å². The topological polar surface area (TPSA) is 76.8 Å². The van der Waals surface area contributed by atoms with Gasteiger partial charge < -0.3 is 15.5 Å². The Bertz CT molecular complexity index is 502. The first-order chi connectivity index (χ1) is 7.88. The van der Waals surface area contributed by atoms with E-state index in [0.29, 0.717) is 12.5 Å². The molecule has 1 fully saturated rings. The molecule has 0 aliphatic carbocycles. The molecule has 2 aromatic rings. The summed E-state index contributed by atoms with van der Waals surface area (Å²) in [4.78, 5) is 12.0. The van der Waals surface area contributed by atoms with E-state index in [-0.39, 0.29) is 0 Å². The molecule has 5 heteroatoms. The number of imidazole rings is 1. The Labute approximate surface area is 93.0 Å². The van der Waals surface area contributed by atoms with E-state index in [1.807, 2.05) is 6.07 Å². The van der Waals surface area contributed by atoms with E-state index in [2.05, 4.69) is 15.0 Å². The quantitative estimate of drug-likeness (QED) is 0.785. The van der Waals surface area contributed by atoms with Gasteiger partial charge in [0.15, 0.2) is 0 Å². The predicted molar refractivity (Wildman–Crippen MR) is 60.0 cm³/mol. The SMILES string of the molecule is NCc1cc2[nH]cnc2c(C2CCOC2)n1. The summed E-state index contributed by atoms with van der Waals surface area (Å²) in [6, 6.07) is 1.96. The molecule has 0 bridgehead atoms. The van der Waals surface area contributed by atoms with Crippen molar-refractivity contribution in [3.8, 4) is 0 Å². The number of H-pyrrole nitrogens is 1. The summed E-state index contributed by atoms with van der Waals surface area (Å²) in [5.41, 5.74) is 9.54. The number of hydrogen-bond donors (Lipinski definition) is 2. The molecular weight excluding hydrogens is 204 g/mol. The standard InChI is InChI=1S/C11H14N4O/c12-4-8-3-9-11(14-6-13-9)10(15-8)7-1-2-16-5-7/h3,6-7H,1-2,4-5,12H2,(H,13,14). The average molecular weight is 218 g/mol. The summed E-state index contributed by atoms with van der Waals surface area (Å²) >= 11 is 0. The number of nitrogens with two attached hydrogens (primary N) is 1. The molecule has 3 N–H and O–H groups in total. The number of pyridine rings is 1. The van der Waals surface area contributed by atoms with Crippen molar-refractivity contribution in [3.05, 3.63) is 23.8 Å². The van der Waals surface area contributed by atoms with Gasteiger partial charge in [-0.3, -0.25) is 4.98 Å². The van der Waals surface area contributed by atoms with Crippen molar-refractivity contribution in [2.75, 3.05) is 13.2 Å². The van der Waals surface area contributed by atoms with Crippen molar-refractivity contribution >= 4 is 11.0 Å². The number of hydrogen-bond acceptors (Lipinski definition) is 4. The molecule has 2 aromatic heterocycles. The van der Waals surface area contributed by atoms with Crippen LogP contribution in [0.2, 0.25) is 0 Å². The first-order valence-corrected chi connectivity index (χ1v) is 5.49. The summed E-state index contributed by atoms with van der Waals surface area (Å²) in [5.74, 6) is 0.359. The molecule has 1 aliphatic heterocycles. The fraction of sp³-hybridized carbons (Fsp3) is 0.455. The molecule has 5 nitrogen and oxygen atoms in total. The van der Waals surface area contributed by atoms with Gasteiger partial charge in [-0.15, -0.1) is 0 Å². The number of aromatic nitrogens is 3. The van der Waals surface area contributed by atoms with Gasteiger partial charge in [-0.25, -0.2) is 4.98 Å². The van der Waals surface area contributed by atoms with Crippen LogP contribution >= 0.6 is 0 Å². The van der Waals surface area contributed by atoms with Crippen LogP contribution in [-0.2, 0) is 11.3 Å². The van der Waals surface area contributed by atoms with Crippen molar-refractivity contribution in [2.45, 2.75) is 18.9 Å². The highest BCUT2D eigenvalue weighted by atomic mass is 16.5. The summed E-state index contributed by atoms with van der Waals surface area (Å²) in [7, 11) is 0. The Morgan fingerprint density at radius 2 is 2.50 bits per heavy atom. The lowest BCUT2D eigenvalue weighted by Gasteiger charge is -2.09. The van der Waals surface area contributed by atoms with Crippen LogP contribution in [0.3, 0.4) is 0 Å². The maximum Gasteiger partial charge on any atom is 0.110 e. The molecule has 1 saturated heterocycles. The summed E-state index contributed by atoms with van der Waals surface area (Å²) in [6.07, 6.45) is 2.72. The third kappa shape index (κ3) is 1.48. The molecule has 3 heterocycles.